The molecule has 4 nitrogen and oxygen atoms in total. The van der Waals surface area contributed by atoms with Crippen LogP contribution in [0.15, 0.2) is 18.2 Å². The topological polar surface area (TPSA) is 58.2 Å². The van der Waals surface area contributed by atoms with Crippen LogP contribution >= 0.6 is 0 Å². The largest absolute Gasteiger partial charge is 0.382 e. The van der Waals surface area contributed by atoms with Crippen LogP contribution in [0.3, 0.4) is 0 Å². The summed E-state index contributed by atoms with van der Waals surface area (Å²) in [5.74, 6) is 1.59. The predicted octanol–water partition coefficient (Wildman–Crippen LogP) is 3.21. The lowest BCUT2D eigenvalue weighted by molar-refractivity contribution is 0.212. The second kappa shape index (κ2) is 5.64. The van der Waals surface area contributed by atoms with E-state index in [2.05, 4.69) is 23.9 Å². The first-order valence-corrected chi connectivity index (χ1v) is 8.98. The number of nitrogens with one attached hydrogen (secondary N) is 2. The third-order valence-corrected chi connectivity index (χ3v) is 4.60. The summed E-state index contributed by atoms with van der Waals surface area (Å²) in [4.78, 5) is 0. The Kier molecular flexibility index (Phi) is 4.28. The number of hydrogen-bond acceptors (Lipinski definition) is 3. The molecule has 0 aromatic heterocycles. The number of anilines is 2. The van der Waals surface area contributed by atoms with Gasteiger partial charge in [-0.2, -0.15) is 0 Å². The van der Waals surface area contributed by atoms with Crippen LogP contribution in [0.2, 0.25) is 0 Å². The zero-order valence-electron chi connectivity index (χ0n) is 12.6. The highest BCUT2D eigenvalue weighted by Gasteiger charge is 2.30. The molecule has 2 rings (SSSR count). The molecule has 1 aromatic rings. The molecule has 1 fully saturated rings. The summed E-state index contributed by atoms with van der Waals surface area (Å²) < 4.78 is 25.0. The highest BCUT2D eigenvalue weighted by atomic mass is 32.2. The smallest absolute Gasteiger partial charge is 0.229 e. The zero-order chi connectivity index (χ0) is 14.9. The first kappa shape index (κ1) is 15.2. The van der Waals surface area contributed by atoms with E-state index in [1.165, 1.54) is 19.1 Å². The van der Waals surface area contributed by atoms with Gasteiger partial charge in [-0.15, -0.1) is 0 Å². The van der Waals surface area contributed by atoms with Gasteiger partial charge in [-0.3, -0.25) is 4.72 Å². The minimum Gasteiger partial charge on any atom is -0.382 e. The maximum atomic E-state index is 11.2. The summed E-state index contributed by atoms with van der Waals surface area (Å²) in [6.45, 7) is 6.46. The Labute approximate surface area is 122 Å². The van der Waals surface area contributed by atoms with E-state index < -0.39 is 10.0 Å². The van der Waals surface area contributed by atoms with E-state index in [-0.39, 0.29) is 0 Å². The zero-order valence-corrected chi connectivity index (χ0v) is 13.4. The van der Waals surface area contributed by atoms with E-state index in [1.807, 2.05) is 25.1 Å². The molecule has 0 amide bonds. The second-order valence-corrected chi connectivity index (χ2v) is 7.97. The molecule has 0 radical (unpaired) electrons. The highest BCUT2D eigenvalue weighted by Crippen LogP contribution is 2.35. The molecule has 1 saturated carbocycles. The van der Waals surface area contributed by atoms with Crippen LogP contribution in [0.4, 0.5) is 11.4 Å². The van der Waals surface area contributed by atoms with Crippen LogP contribution in [-0.4, -0.2) is 20.7 Å². The van der Waals surface area contributed by atoms with Gasteiger partial charge in [0.15, 0.2) is 0 Å². The molecule has 0 aliphatic heterocycles. The third kappa shape index (κ3) is 3.88. The number of sulfonamides is 1. The van der Waals surface area contributed by atoms with Gasteiger partial charge >= 0.3 is 0 Å². The molecule has 20 heavy (non-hydrogen) atoms. The van der Waals surface area contributed by atoms with Gasteiger partial charge in [0.25, 0.3) is 0 Å². The number of benzene rings is 1. The van der Waals surface area contributed by atoms with Crippen molar-refractivity contribution < 1.29 is 8.42 Å². The Bertz CT molecular complexity index is 576. The van der Waals surface area contributed by atoms with Crippen molar-refractivity contribution in [2.24, 2.45) is 11.8 Å². The van der Waals surface area contributed by atoms with Gasteiger partial charge in [-0.1, -0.05) is 13.8 Å². The first-order valence-electron chi connectivity index (χ1n) is 7.09. The van der Waals surface area contributed by atoms with Gasteiger partial charge in [-0.05, 0) is 55.4 Å². The van der Waals surface area contributed by atoms with Crippen LogP contribution in [0.25, 0.3) is 0 Å². The molecular weight excluding hydrogens is 272 g/mol. The Morgan fingerprint density at radius 2 is 1.90 bits per heavy atom. The lowest BCUT2D eigenvalue weighted by Gasteiger charge is -2.39. The van der Waals surface area contributed by atoms with Crippen molar-refractivity contribution >= 4 is 21.4 Å². The van der Waals surface area contributed by atoms with Gasteiger partial charge in [-0.25, -0.2) is 8.42 Å². The minimum atomic E-state index is -3.22. The molecule has 0 atom stereocenters. The SMILES string of the molecule is Cc1cc(NC2CC(C(C)C)C2)ccc1NS(C)(=O)=O. The average molecular weight is 296 g/mol. The molecule has 1 aliphatic carbocycles. The third-order valence-electron chi connectivity index (χ3n) is 4.01. The first-order chi connectivity index (χ1) is 9.24. The number of rotatable bonds is 5. The maximum Gasteiger partial charge on any atom is 0.229 e. The summed E-state index contributed by atoms with van der Waals surface area (Å²) in [6, 6.07) is 6.30. The van der Waals surface area contributed by atoms with Crippen LogP contribution in [0.1, 0.15) is 32.3 Å². The van der Waals surface area contributed by atoms with Crippen molar-refractivity contribution in [1.82, 2.24) is 0 Å². The van der Waals surface area contributed by atoms with Crippen molar-refractivity contribution in [2.75, 3.05) is 16.3 Å². The van der Waals surface area contributed by atoms with E-state index in [0.29, 0.717) is 11.7 Å². The van der Waals surface area contributed by atoms with Crippen LogP contribution in [0.5, 0.6) is 0 Å². The Hall–Kier alpha value is -1.23. The average Bonchev–Trinajstić information content (AvgIpc) is 2.24. The molecule has 0 bridgehead atoms. The van der Waals surface area contributed by atoms with Gasteiger partial charge in [0.2, 0.25) is 10.0 Å². The lowest BCUT2D eigenvalue weighted by atomic mass is 9.73. The quantitative estimate of drug-likeness (QED) is 0.877. The standard InChI is InChI=1S/C15H24N2O2S/c1-10(2)12-8-14(9-12)16-13-5-6-15(11(3)7-13)17-20(4,18)19/h5-7,10,12,14,16-17H,8-9H2,1-4H3. The monoisotopic (exact) mass is 296 g/mol. The van der Waals surface area contributed by atoms with Crippen LogP contribution < -0.4 is 10.0 Å². The van der Waals surface area contributed by atoms with E-state index in [0.717, 1.165) is 23.1 Å². The molecule has 0 spiro atoms. The molecule has 2 N–H and O–H groups in total. The number of hydrogen-bond donors (Lipinski definition) is 2. The van der Waals surface area contributed by atoms with E-state index in [9.17, 15) is 8.42 Å². The summed E-state index contributed by atoms with van der Waals surface area (Å²) in [7, 11) is -3.22. The van der Waals surface area contributed by atoms with Gasteiger partial charge in [0.05, 0.1) is 11.9 Å². The molecular formula is C15H24N2O2S. The second-order valence-electron chi connectivity index (χ2n) is 6.22. The van der Waals surface area contributed by atoms with E-state index >= 15 is 0 Å². The summed E-state index contributed by atoms with van der Waals surface area (Å²) in [5, 5.41) is 3.52. The van der Waals surface area contributed by atoms with Gasteiger partial charge < -0.3 is 5.32 Å². The van der Waals surface area contributed by atoms with E-state index in [1.54, 1.807) is 0 Å². The molecule has 1 aliphatic rings. The van der Waals surface area contributed by atoms with Crippen LogP contribution in [0, 0.1) is 18.8 Å². The fraction of sp³-hybridized carbons (Fsp3) is 0.600. The predicted molar refractivity (Wildman–Crippen MR) is 84.6 cm³/mol. The fourth-order valence-electron chi connectivity index (χ4n) is 2.63. The van der Waals surface area contributed by atoms with Crippen molar-refractivity contribution in [3.05, 3.63) is 23.8 Å². The number of aryl methyl sites for hydroxylation is 1. The van der Waals surface area contributed by atoms with Crippen molar-refractivity contribution in [2.45, 2.75) is 39.7 Å². The summed E-state index contributed by atoms with van der Waals surface area (Å²) >= 11 is 0. The summed E-state index contributed by atoms with van der Waals surface area (Å²) in [5.41, 5.74) is 2.64. The summed E-state index contributed by atoms with van der Waals surface area (Å²) in [6.07, 6.45) is 3.61. The maximum absolute atomic E-state index is 11.2. The molecule has 1 aromatic carbocycles. The van der Waals surface area contributed by atoms with E-state index in [4.69, 9.17) is 0 Å². The van der Waals surface area contributed by atoms with Crippen molar-refractivity contribution in [3.8, 4) is 0 Å². The minimum absolute atomic E-state index is 0.551. The Morgan fingerprint density at radius 3 is 2.40 bits per heavy atom. The molecule has 0 heterocycles. The van der Waals surface area contributed by atoms with Crippen molar-refractivity contribution in [3.63, 3.8) is 0 Å². The Balaban J connectivity index is 1.97. The molecule has 112 valence electrons. The lowest BCUT2D eigenvalue weighted by Crippen LogP contribution is -2.37. The van der Waals surface area contributed by atoms with Gasteiger partial charge in [0, 0.05) is 11.7 Å². The fourth-order valence-corrected chi connectivity index (χ4v) is 3.26. The van der Waals surface area contributed by atoms with Gasteiger partial charge in [0.1, 0.15) is 0 Å². The normalized spacial score (nSPS) is 22.4. The Morgan fingerprint density at radius 1 is 1.25 bits per heavy atom. The molecule has 5 heteroatoms. The molecule has 0 unspecified atom stereocenters. The molecule has 0 saturated heterocycles. The van der Waals surface area contributed by atoms with Crippen LogP contribution in [-0.2, 0) is 10.0 Å². The van der Waals surface area contributed by atoms with Crippen molar-refractivity contribution in [1.29, 1.82) is 0 Å². The highest BCUT2D eigenvalue weighted by molar-refractivity contribution is 7.92.